The summed E-state index contributed by atoms with van der Waals surface area (Å²) in [6, 6.07) is 0. The second kappa shape index (κ2) is 1820. The molecule has 0 aliphatic rings. The van der Waals surface area contributed by atoms with E-state index in [0.717, 1.165) is 0 Å². The zero-order chi connectivity index (χ0) is 0. The van der Waals surface area contributed by atoms with Crippen molar-refractivity contribution >= 4 is 0 Å². The summed E-state index contributed by atoms with van der Waals surface area (Å²) in [7, 11) is 0. The van der Waals surface area contributed by atoms with Crippen LogP contribution < -0.4 is 6.15 Å². The molecular formula is H9MoNO6-6. The zero-order valence-electron chi connectivity index (χ0n) is 3.80. The van der Waals surface area contributed by atoms with Crippen LogP contribution in [0.25, 0.3) is 0 Å². The average molecular weight is 215 g/mol. The summed E-state index contributed by atoms with van der Waals surface area (Å²) < 4.78 is 0. The van der Waals surface area contributed by atoms with E-state index in [0.29, 0.717) is 0 Å². The molecule has 0 atom stereocenters. The van der Waals surface area contributed by atoms with Crippen LogP contribution in [0.5, 0.6) is 0 Å². The summed E-state index contributed by atoms with van der Waals surface area (Å²) in [6.45, 7) is 0. The Morgan fingerprint density at radius 2 is 0.375 bits per heavy atom. The van der Waals surface area contributed by atoms with Gasteiger partial charge in [-0.2, -0.15) is 0 Å². The smallest absolute Gasteiger partial charge is 0 e. The van der Waals surface area contributed by atoms with Crippen molar-refractivity contribution in [1.82, 2.24) is 6.15 Å². The Morgan fingerprint density at radius 3 is 0.375 bits per heavy atom. The van der Waals surface area contributed by atoms with E-state index in [4.69, 9.17) is 0 Å². The largest absolute Gasteiger partial charge is 0.870 e. The SMILES string of the molecule is N.[Mo].[OH-].[OH-].[OH-].[OH-].[OH-].[OH-]. The molecule has 0 fully saturated rings. The van der Waals surface area contributed by atoms with Crippen molar-refractivity contribution in [2.24, 2.45) is 0 Å². The van der Waals surface area contributed by atoms with Crippen LogP contribution in [0.3, 0.4) is 0 Å². The Kier molecular flexibility index (Phi) is 631000. The number of hydrogen-bond donors (Lipinski definition) is 1. The first-order chi connectivity index (χ1) is 0. The van der Waals surface area contributed by atoms with Crippen LogP contribution >= 0.6 is 0 Å². The van der Waals surface area contributed by atoms with E-state index in [1.165, 1.54) is 0 Å². The molecule has 0 heterocycles. The van der Waals surface area contributed by atoms with Crippen LogP contribution in [0.4, 0.5) is 0 Å². The van der Waals surface area contributed by atoms with Gasteiger partial charge in [0, 0.05) is 21.1 Å². The van der Waals surface area contributed by atoms with E-state index >= 15 is 0 Å². The topological polar surface area (TPSA) is 215 Å². The van der Waals surface area contributed by atoms with Crippen molar-refractivity contribution in [3.05, 3.63) is 0 Å². The van der Waals surface area contributed by atoms with Gasteiger partial charge in [-0.15, -0.1) is 0 Å². The van der Waals surface area contributed by atoms with Crippen molar-refractivity contribution in [2.45, 2.75) is 0 Å². The average Bonchev–Trinajstić information content (AvgIpc) is 0. The van der Waals surface area contributed by atoms with Gasteiger partial charge in [-0.05, 0) is 0 Å². The van der Waals surface area contributed by atoms with Gasteiger partial charge < -0.3 is 39.0 Å². The third-order valence-corrected chi connectivity index (χ3v) is 0. The van der Waals surface area contributed by atoms with Gasteiger partial charge >= 0.3 is 0 Å². The first kappa shape index (κ1) is 2770. The molecule has 9 N–H and O–H groups in total. The van der Waals surface area contributed by atoms with Crippen LogP contribution in [-0.4, -0.2) is 32.9 Å². The molecule has 0 aromatic carbocycles. The summed E-state index contributed by atoms with van der Waals surface area (Å²) in [5.74, 6) is 0. The molecule has 0 aliphatic heterocycles. The fraction of sp³-hybridized carbons (Fsp3) is 0. The Hall–Kier alpha value is 0.408. The zero-order valence-corrected chi connectivity index (χ0v) is 5.81. The van der Waals surface area contributed by atoms with Gasteiger partial charge in [-0.25, -0.2) is 0 Å². The molecule has 0 unspecified atom stereocenters. The fourth-order valence-corrected chi connectivity index (χ4v) is 0. The van der Waals surface area contributed by atoms with E-state index in [9.17, 15) is 0 Å². The van der Waals surface area contributed by atoms with E-state index in [-0.39, 0.29) is 60.1 Å². The molecule has 0 radical (unpaired) electrons. The normalized spacial score (nSPS) is 0. The summed E-state index contributed by atoms with van der Waals surface area (Å²) in [5, 5.41) is 0. The van der Waals surface area contributed by atoms with Gasteiger partial charge in [0.25, 0.3) is 0 Å². The molecule has 0 aliphatic carbocycles. The van der Waals surface area contributed by atoms with E-state index < -0.39 is 0 Å². The Balaban J connectivity index is 0. The summed E-state index contributed by atoms with van der Waals surface area (Å²) in [4.78, 5) is 0. The molecule has 62 valence electrons. The minimum Gasteiger partial charge on any atom is -0.870 e. The molecule has 0 bridgehead atoms. The molecule has 0 aromatic rings. The van der Waals surface area contributed by atoms with Crippen LogP contribution in [0.2, 0.25) is 0 Å². The van der Waals surface area contributed by atoms with Crippen LogP contribution in [0, 0.1) is 0 Å². The van der Waals surface area contributed by atoms with Gasteiger partial charge in [0.05, 0.1) is 0 Å². The Labute approximate surface area is 60.8 Å². The van der Waals surface area contributed by atoms with Crippen molar-refractivity contribution in [3.8, 4) is 0 Å². The quantitative estimate of drug-likeness (QED) is 0.501. The predicted molar refractivity (Wildman–Crippen MR) is 16.6 cm³/mol. The van der Waals surface area contributed by atoms with E-state index in [1.807, 2.05) is 0 Å². The van der Waals surface area contributed by atoms with Crippen LogP contribution in [0.1, 0.15) is 0 Å². The van der Waals surface area contributed by atoms with Crippen molar-refractivity contribution < 1.29 is 53.9 Å². The molecule has 0 spiro atoms. The second-order valence-corrected chi connectivity index (χ2v) is 0. The maximum Gasteiger partial charge on any atom is 0 e. The van der Waals surface area contributed by atoms with Gasteiger partial charge in [0.2, 0.25) is 0 Å². The fourth-order valence-electron chi connectivity index (χ4n) is 0. The third-order valence-electron chi connectivity index (χ3n) is 0. The van der Waals surface area contributed by atoms with Crippen LogP contribution in [0.15, 0.2) is 0 Å². The van der Waals surface area contributed by atoms with E-state index in [1.54, 1.807) is 0 Å². The number of rotatable bonds is 0. The first-order valence-electron chi connectivity index (χ1n) is 0. The Morgan fingerprint density at radius 1 is 0.375 bits per heavy atom. The van der Waals surface area contributed by atoms with Gasteiger partial charge in [0.15, 0.2) is 0 Å². The summed E-state index contributed by atoms with van der Waals surface area (Å²) >= 11 is 0. The van der Waals surface area contributed by atoms with Crippen molar-refractivity contribution in [2.75, 3.05) is 0 Å². The third kappa shape index (κ3) is 1120. The monoisotopic (exact) mass is 217 g/mol. The van der Waals surface area contributed by atoms with Crippen molar-refractivity contribution in [1.29, 1.82) is 0 Å². The molecular weight excluding hydrogens is 206 g/mol. The minimum atomic E-state index is 0. The maximum absolute atomic E-state index is 0. The minimum absolute atomic E-state index is 0. The molecule has 8 heavy (non-hydrogen) atoms. The van der Waals surface area contributed by atoms with Gasteiger partial charge in [-0.1, -0.05) is 0 Å². The molecule has 8 heteroatoms. The van der Waals surface area contributed by atoms with Gasteiger partial charge in [0.1, 0.15) is 0 Å². The van der Waals surface area contributed by atoms with Crippen molar-refractivity contribution in [3.63, 3.8) is 0 Å². The second-order valence-electron chi connectivity index (χ2n) is 0. The molecule has 0 rings (SSSR count). The molecule has 7 nitrogen and oxygen atoms in total. The summed E-state index contributed by atoms with van der Waals surface area (Å²) in [6.07, 6.45) is 0. The Bertz CT molecular complexity index is 8.49. The molecule has 0 saturated carbocycles. The maximum atomic E-state index is 0. The molecule has 0 saturated heterocycles. The predicted octanol–water partition coefficient (Wildman–Crippen LogP) is -0.901. The van der Waals surface area contributed by atoms with E-state index in [2.05, 4.69) is 0 Å². The summed E-state index contributed by atoms with van der Waals surface area (Å²) in [5.41, 5.74) is 0. The molecule has 0 aromatic heterocycles. The number of hydrogen-bond acceptors (Lipinski definition) is 7. The molecule has 0 amide bonds. The van der Waals surface area contributed by atoms with Gasteiger partial charge in [-0.3, -0.25) is 0 Å². The standard InChI is InChI=1S/Mo.H3N.6H2O/h;1H3;6*1H2/p-6. The first-order valence-corrected chi connectivity index (χ1v) is 0. The van der Waals surface area contributed by atoms with Crippen LogP contribution in [-0.2, 0) is 21.1 Å².